The van der Waals surface area contributed by atoms with Gasteiger partial charge in [-0.05, 0) is 55.5 Å². The maximum atomic E-state index is 13.2. The Morgan fingerprint density at radius 2 is 1.69 bits per heavy atom. The Hall–Kier alpha value is -4.17. The van der Waals surface area contributed by atoms with Crippen molar-refractivity contribution in [1.82, 2.24) is 19.9 Å². The molecule has 2 amide bonds. The number of hydrogen-bond acceptors (Lipinski definition) is 4. The van der Waals surface area contributed by atoms with Crippen LogP contribution in [0.1, 0.15) is 11.3 Å². The monoisotopic (exact) mass is 483 g/mol. The fraction of sp³-hybridized carbons (Fsp3) is 0.0741. The topological polar surface area (TPSA) is 71.3 Å². The first-order chi connectivity index (χ1) is 17.0. The van der Waals surface area contributed by atoms with Gasteiger partial charge >= 0.3 is 6.03 Å². The molecule has 2 heterocycles. The quantitative estimate of drug-likeness (QED) is 0.297. The van der Waals surface area contributed by atoms with Gasteiger partial charge in [-0.2, -0.15) is 5.10 Å². The number of aromatic nitrogens is 3. The number of aryl methyl sites for hydroxylation is 1. The molecule has 2 N–H and O–H groups in total. The molecular formula is C27H22FN5OS. The zero-order valence-electron chi connectivity index (χ0n) is 18.9. The number of nitrogens with zero attached hydrogens (tertiary/aromatic N) is 3. The zero-order chi connectivity index (χ0) is 24.2. The molecule has 0 fully saturated rings. The van der Waals surface area contributed by atoms with Crippen molar-refractivity contribution < 1.29 is 9.18 Å². The lowest BCUT2D eigenvalue weighted by Gasteiger charge is -2.10. The van der Waals surface area contributed by atoms with Crippen molar-refractivity contribution >= 4 is 29.1 Å². The van der Waals surface area contributed by atoms with E-state index in [0.717, 1.165) is 32.4 Å². The van der Waals surface area contributed by atoms with Gasteiger partial charge in [0, 0.05) is 16.1 Å². The van der Waals surface area contributed by atoms with Gasteiger partial charge in [0.1, 0.15) is 10.8 Å². The summed E-state index contributed by atoms with van der Waals surface area (Å²) in [7, 11) is 0. The molecule has 0 atom stereocenters. The molecular weight excluding hydrogens is 461 g/mol. The maximum Gasteiger partial charge on any atom is 0.319 e. The van der Waals surface area contributed by atoms with Crippen LogP contribution in [-0.4, -0.2) is 20.6 Å². The van der Waals surface area contributed by atoms with E-state index in [4.69, 9.17) is 10.1 Å². The molecule has 0 aliphatic heterocycles. The molecule has 0 unspecified atom stereocenters. The zero-order valence-corrected chi connectivity index (χ0v) is 19.7. The summed E-state index contributed by atoms with van der Waals surface area (Å²) < 4.78 is 14.9. The van der Waals surface area contributed by atoms with Gasteiger partial charge in [0.05, 0.1) is 17.9 Å². The van der Waals surface area contributed by atoms with Crippen LogP contribution in [0.5, 0.6) is 0 Å². The Balaban J connectivity index is 1.46. The van der Waals surface area contributed by atoms with E-state index in [-0.39, 0.29) is 12.4 Å². The number of nitrogens with one attached hydrogen (secondary N) is 2. The molecule has 0 radical (unpaired) electrons. The van der Waals surface area contributed by atoms with Gasteiger partial charge in [0.2, 0.25) is 0 Å². The van der Waals surface area contributed by atoms with Gasteiger partial charge in [-0.25, -0.2) is 18.7 Å². The van der Waals surface area contributed by atoms with Crippen molar-refractivity contribution in [2.24, 2.45) is 0 Å². The number of amides is 2. The molecule has 0 aliphatic rings. The summed E-state index contributed by atoms with van der Waals surface area (Å²) in [5, 5.41) is 11.2. The Labute approximate surface area is 206 Å². The Bertz CT molecular complexity index is 1470. The largest absolute Gasteiger partial charge is 0.332 e. The van der Waals surface area contributed by atoms with Crippen LogP contribution in [0.3, 0.4) is 0 Å². The van der Waals surface area contributed by atoms with Gasteiger partial charge in [-0.3, -0.25) is 0 Å². The molecule has 5 aromatic rings. The standard InChI is InChI=1S/C27H22FN5OS/c1-18-7-9-19(10-8-18)26-23(17-29-27(34)30-21-13-11-20(28)12-14-21)33-24(31-26)15-16-25(32-33)35-22-5-3-2-4-6-22/h2-16H,17H2,1H3,(H2,29,30,34). The fourth-order valence-corrected chi connectivity index (χ4v) is 4.39. The number of fused-ring (bicyclic) bond motifs is 1. The molecule has 0 saturated carbocycles. The Morgan fingerprint density at radius 1 is 0.943 bits per heavy atom. The lowest BCUT2D eigenvalue weighted by Crippen LogP contribution is -2.29. The van der Waals surface area contributed by atoms with E-state index in [1.165, 1.54) is 24.3 Å². The van der Waals surface area contributed by atoms with Gasteiger partial charge in [-0.1, -0.05) is 59.8 Å². The van der Waals surface area contributed by atoms with Crippen LogP contribution < -0.4 is 10.6 Å². The molecule has 0 aliphatic carbocycles. The number of carbonyl (C=O) groups is 1. The van der Waals surface area contributed by atoms with Crippen LogP contribution in [0.4, 0.5) is 14.9 Å². The van der Waals surface area contributed by atoms with Crippen LogP contribution >= 0.6 is 11.8 Å². The van der Waals surface area contributed by atoms with E-state index in [9.17, 15) is 9.18 Å². The Morgan fingerprint density at radius 3 is 2.43 bits per heavy atom. The molecule has 8 heteroatoms. The van der Waals surface area contributed by atoms with Crippen molar-refractivity contribution in [3.63, 3.8) is 0 Å². The van der Waals surface area contributed by atoms with Crippen molar-refractivity contribution in [2.75, 3.05) is 5.32 Å². The normalized spacial score (nSPS) is 10.9. The summed E-state index contributed by atoms with van der Waals surface area (Å²) in [5.74, 6) is -0.361. The third-order valence-corrected chi connectivity index (χ3v) is 6.29. The van der Waals surface area contributed by atoms with Crippen LogP contribution in [0.25, 0.3) is 16.9 Å². The van der Waals surface area contributed by atoms with E-state index in [0.29, 0.717) is 11.3 Å². The summed E-state index contributed by atoms with van der Waals surface area (Å²) in [6.45, 7) is 2.23. The van der Waals surface area contributed by atoms with Crippen molar-refractivity contribution in [3.8, 4) is 11.3 Å². The summed E-state index contributed by atoms with van der Waals surface area (Å²) in [5.41, 5.74) is 4.79. The first kappa shape index (κ1) is 22.6. The molecule has 3 aromatic carbocycles. The fourth-order valence-electron chi connectivity index (χ4n) is 3.60. The van der Waals surface area contributed by atoms with Gasteiger partial charge in [0.25, 0.3) is 0 Å². The number of urea groups is 1. The molecule has 0 bridgehead atoms. The second-order valence-corrected chi connectivity index (χ2v) is 9.04. The number of hydrogen-bond donors (Lipinski definition) is 2. The van der Waals surface area contributed by atoms with Crippen LogP contribution in [0.2, 0.25) is 0 Å². The van der Waals surface area contributed by atoms with E-state index in [2.05, 4.69) is 10.6 Å². The number of benzene rings is 3. The summed E-state index contributed by atoms with van der Waals surface area (Å²) in [6, 6.07) is 27.2. The predicted molar refractivity (Wildman–Crippen MR) is 136 cm³/mol. The van der Waals surface area contributed by atoms with E-state index in [1.807, 2.05) is 73.7 Å². The lowest BCUT2D eigenvalue weighted by molar-refractivity contribution is 0.251. The minimum Gasteiger partial charge on any atom is -0.332 e. The summed E-state index contributed by atoms with van der Waals surface area (Å²) in [6.07, 6.45) is 0. The number of halogens is 1. The number of imidazole rings is 1. The number of rotatable bonds is 6. The highest BCUT2D eigenvalue weighted by atomic mass is 32.2. The van der Waals surface area contributed by atoms with Gasteiger partial charge in [0.15, 0.2) is 5.65 Å². The van der Waals surface area contributed by atoms with E-state index >= 15 is 0 Å². The molecule has 2 aromatic heterocycles. The lowest BCUT2D eigenvalue weighted by atomic mass is 10.1. The van der Waals surface area contributed by atoms with Crippen molar-refractivity contribution in [1.29, 1.82) is 0 Å². The number of carbonyl (C=O) groups excluding carboxylic acids is 1. The third-order valence-electron chi connectivity index (χ3n) is 5.36. The highest BCUT2D eigenvalue weighted by Gasteiger charge is 2.17. The van der Waals surface area contributed by atoms with E-state index in [1.54, 1.807) is 16.3 Å². The second kappa shape index (κ2) is 9.99. The first-order valence-electron chi connectivity index (χ1n) is 11.0. The maximum absolute atomic E-state index is 13.2. The smallest absolute Gasteiger partial charge is 0.319 e. The first-order valence-corrected chi connectivity index (χ1v) is 11.9. The highest BCUT2D eigenvalue weighted by molar-refractivity contribution is 7.99. The summed E-state index contributed by atoms with van der Waals surface area (Å²) >= 11 is 1.56. The van der Waals surface area contributed by atoms with E-state index < -0.39 is 6.03 Å². The molecule has 6 nitrogen and oxygen atoms in total. The molecule has 0 spiro atoms. The minimum absolute atomic E-state index is 0.198. The minimum atomic E-state index is -0.406. The SMILES string of the molecule is Cc1ccc(-c2nc3ccc(Sc4ccccc4)nn3c2CNC(=O)Nc2ccc(F)cc2)cc1. The molecule has 35 heavy (non-hydrogen) atoms. The average Bonchev–Trinajstić information content (AvgIpc) is 3.23. The van der Waals surface area contributed by atoms with Gasteiger partial charge in [-0.15, -0.1) is 0 Å². The Kier molecular flexibility index (Phi) is 6.45. The van der Waals surface area contributed by atoms with Crippen molar-refractivity contribution in [2.45, 2.75) is 23.4 Å². The average molecular weight is 484 g/mol. The molecule has 0 saturated heterocycles. The molecule has 5 rings (SSSR count). The number of anilines is 1. The van der Waals surface area contributed by atoms with Crippen molar-refractivity contribution in [3.05, 3.63) is 108 Å². The van der Waals surface area contributed by atoms with Crippen LogP contribution in [0.15, 0.2) is 101 Å². The second-order valence-electron chi connectivity index (χ2n) is 7.94. The predicted octanol–water partition coefficient (Wildman–Crippen LogP) is 6.32. The molecule has 174 valence electrons. The highest BCUT2D eigenvalue weighted by Crippen LogP contribution is 2.29. The van der Waals surface area contributed by atoms with Gasteiger partial charge < -0.3 is 10.6 Å². The van der Waals surface area contributed by atoms with Crippen LogP contribution in [-0.2, 0) is 6.54 Å². The summed E-state index contributed by atoms with van der Waals surface area (Å²) in [4.78, 5) is 18.4. The van der Waals surface area contributed by atoms with Crippen LogP contribution in [0, 0.1) is 12.7 Å². The third kappa shape index (κ3) is 5.33.